The molecule has 0 aromatic rings. The lowest BCUT2D eigenvalue weighted by atomic mass is 9.79. The number of rotatable bonds is 4. The van der Waals surface area contributed by atoms with E-state index in [1.165, 1.54) is 0 Å². The zero-order valence-electron chi connectivity index (χ0n) is 13.2. The van der Waals surface area contributed by atoms with E-state index in [4.69, 9.17) is 4.74 Å². The fourth-order valence-corrected chi connectivity index (χ4v) is 1.94. The molecule has 108 valence electrons. The molecule has 0 heterocycles. The molecule has 0 amide bonds. The van der Waals surface area contributed by atoms with Crippen LogP contribution in [-0.2, 0) is 9.53 Å². The highest BCUT2D eigenvalue weighted by molar-refractivity contribution is 5.75. The molecule has 0 fully saturated rings. The average Bonchev–Trinajstić information content (AvgIpc) is 2.20. The van der Waals surface area contributed by atoms with Crippen molar-refractivity contribution in [2.24, 2.45) is 16.7 Å². The lowest BCUT2D eigenvalue weighted by Gasteiger charge is -2.38. The van der Waals surface area contributed by atoms with Crippen LogP contribution >= 0.6 is 0 Å². The molecule has 0 aliphatic carbocycles. The molecular weight excluding hydrogens is 228 g/mol. The number of esters is 1. The fourth-order valence-electron chi connectivity index (χ4n) is 1.94. The third-order valence-electron chi connectivity index (χ3n) is 3.20. The summed E-state index contributed by atoms with van der Waals surface area (Å²) in [5.74, 6) is -0.279. The highest BCUT2D eigenvalue weighted by Gasteiger charge is 2.38. The van der Waals surface area contributed by atoms with E-state index >= 15 is 0 Å². The lowest BCUT2D eigenvalue weighted by molar-refractivity contribution is -0.171. The third-order valence-corrected chi connectivity index (χ3v) is 3.20. The number of carbonyl (C=O) groups is 1. The summed E-state index contributed by atoms with van der Waals surface area (Å²) in [5, 5.41) is 9.98. The van der Waals surface area contributed by atoms with Crippen LogP contribution in [0.2, 0.25) is 0 Å². The molecule has 0 rings (SSSR count). The molecule has 0 aromatic heterocycles. The van der Waals surface area contributed by atoms with Crippen LogP contribution in [0.5, 0.6) is 0 Å². The number of ether oxygens (including phenoxy) is 1. The van der Waals surface area contributed by atoms with E-state index in [0.29, 0.717) is 6.42 Å². The van der Waals surface area contributed by atoms with E-state index in [1.54, 1.807) is 0 Å². The summed E-state index contributed by atoms with van der Waals surface area (Å²) in [6.07, 6.45) is -0.0537. The van der Waals surface area contributed by atoms with E-state index in [0.717, 1.165) is 0 Å². The highest BCUT2D eigenvalue weighted by Crippen LogP contribution is 2.32. The number of hydrogen-bond donors (Lipinski definition) is 1. The second kappa shape index (κ2) is 6.05. The van der Waals surface area contributed by atoms with Gasteiger partial charge in [-0.2, -0.15) is 0 Å². The van der Waals surface area contributed by atoms with Crippen molar-refractivity contribution < 1.29 is 14.6 Å². The van der Waals surface area contributed by atoms with Gasteiger partial charge in [-0.15, -0.1) is 0 Å². The van der Waals surface area contributed by atoms with E-state index in [2.05, 4.69) is 0 Å². The molecule has 0 spiro atoms. The molecule has 3 heteroatoms. The molecule has 0 saturated heterocycles. The Morgan fingerprint density at radius 3 is 1.89 bits per heavy atom. The molecule has 18 heavy (non-hydrogen) atoms. The molecule has 0 aliphatic heterocycles. The van der Waals surface area contributed by atoms with E-state index < -0.39 is 11.5 Å². The fraction of sp³-hybridized carbons (Fsp3) is 0.933. The maximum atomic E-state index is 12.0. The first-order valence-corrected chi connectivity index (χ1v) is 6.80. The zero-order valence-corrected chi connectivity index (χ0v) is 13.2. The van der Waals surface area contributed by atoms with E-state index in [1.807, 2.05) is 55.4 Å². The van der Waals surface area contributed by atoms with Crippen LogP contribution in [0.4, 0.5) is 0 Å². The SMILES string of the molecule is CC[C@H](O)[C@H](C)[C@H](OC(=O)C(C)(C)C)C(C)(C)C. The Morgan fingerprint density at radius 2 is 1.61 bits per heavy atom. The van der Waals surface area contributed by atoms with Crippen molar-refractivity contribution in [2.75, 3.05) is 0 Å². The maximum absolute atomic E-state index is 12.0. The summed E-state index contributed by atoms with van der Waals surface area (Å²) in [4.78, 5) is 12.0. The maximum Gasteiger partial charge on any atom is 0.311 e. The molecule has 0 aromatic carbocycles. The number of hydrogen-bond acceptors (Lipinski definition) is 3. The Labute approximate surface area is 112 Å². The minimum absolute atomic E-state index is 0.0682. The molecule has 0 radical (unpaired) electrons. The van der Waals surface area contributed by atoms with Gasteiger partial charge in [0.2, 0.25) is 0 Å². The van der Waals surface area contributed by atoms with Crippen molar-refractivity contribution in [3.05, 3.63) is 0 Å². The van der Waals surface area contributed by atoms with Crippen molar-refractivity contribution >= 4 is 5.97 Å². The van der Waals surface area contributed by atoms with Crippen LogP contribution in [0.25, 0.3) is 0 Å². The van der Waals surface area contributed by atoms with E-state index in [9.17, 15) is 9.90 Å². The number of carbonyl (C=O) groups excluding carboxylic acids is 1. The van der Waals surface area contributed by atoms with Crippen LogP contribution in [-0.4, -0.2) is 23.3 Å². The van der Waals surface area contributed by atoms with Gasteiger partial charge >= 0.3 is 5.97 Å². The number of aliphatic hydroxyl groups excluding tert-OH is 1. The van der Waals surface area contributed by atoms with Gasteiger partial charge in [-0.25, -0.2) is 0 Å². The van der Waals surface area contributed by atoms with Crippen molar-refractivity contribution in [1.29, 1.82) is 0 Å². The summed E-state index contributed by atoms with van der Waals surface area (Å²) in [6, 6.07) is 0. The largest absolute Gasteiger partial charge is 0.461 e. The predicted molar refractivity (Wildman–Crippen MR) is 74.3 cm³/mol. The van der Waals surface area contributed by atoms with Crippen molar-refractivity contribution in [3.8, 4) is 0 Å². The zero-order chi connectivity index (χ0) is 14.7. The smallest absolute Gasteiger partial charge is 0.311 e. The molecule has 3 atom stereocenters. The lowest BCUT2D eigenvalue weighted by Crippen LogP contribution is -2.43. The van der Waals surface area contributed by atoms with Gasteiger partial charge in [0.1, 0.15) is 6.10 Å². The standard InChI is InChI=1S/C15H30O3/c1-9-11(16)10(2)12(14(3,4)5)18-13(17)15(6,7)8/h10-12,16H,9H2,1-8H3/t10-,11-,12-/m0/s1. The van der Waals surface area contributed by atoms with Crippen LogP contribution in [0.3, 0.4) is 0 Å². The van der Waals surface area contributed by atoms with Crippen LogP contribution < -0.4 is 0 Å². The summed E-state index contributed by atoms with van der Waals surface area (Å²) >= 11 is 0. The average molecular weight is 258 g/mol. The van der Waals surface area contributed by atoms with Gasteiger partial charge in [0, 0.05) is 5.92 Å². The Balaban J connectivity index is 4.99. The second-order valence-corrected chi connectivity index (χ2v) is 7.28. The quantitative estimate of drug-likeness (QED) is 0.786. The van der Waals surface area contributed by atoms with Gasteiger partial charge in [0.25, 0.3) is 0 Å². The van der Waals surface area contributed by atoms with Crippen molar-refractivity contribution in [3.63, 3.8) is 0 Å². The first-order chi connectivity index (χ1) is 7.91. The van der Waals surface area contributed by atoms with Crippen LogP contribution in [0.1, 0.15) is 61.8 Å². The van der Waals surface area contributed by atoms with Gasteiger partial charge in [-0.05, 0) is 32.6 Å². The predicted octanol–water partition coefficient (Wildman–Crippen LogP) is 3.40. The minimum Gasteiger partial charge on any atom is -0.461 e. The van der Waals surface area contributed by atoms with Gasteiger partial charge in [0.15, 0.2) is 0 Å². The molecule has 1 N–H and O–H groups in total. The topological polar surface area (TPSA) is 46.5 Å². The summed E-state index contributed by atoms with van der Waals surface area (Å²) in [6.45, 7) is 15.5. The summed E-state index contributed by atoms with van der Waals surface area (Å²) in [5.41, 5.74) is -0.698. The molecule has 0 saturated carbocycles. The van der Waals surface area contributed by atoms with Crippen LogP contribution in [0.15, 0.2) is 0 Å². The van der Waals surface area contributed by atoms with Crippen molar-refractivity contribution in [1.82, 2.24) is 0 Å². The Bertz CT molecular complexity index is 270. The van der Waals surface area contributed by atoms with Gasteiger partial charge < -0.3 is 9.84 Å². The molecule has 0 bridgehead atoms. The van der Waals surface area contributed by atoms with Gasteiger partial charge in [-0.1, -0.05) is 34.6 Å². The molecular formula is C15H30O3. The van der Waals surface area contributed by atoms with Gasteiger partial charge in [-0.3, -0.25) is 4.79 Å². The molecule has 0 aliphatic rings. The van der Waals surface area contributed by atoms with Gasteiger partial charge in [0.05, 0.1) is 11.5 Å². The Morgan fingerprint density at radius 1 is 1.17 bits per heavy atom. The van der Waals surface area contributed by atoms with Crippen molar-refractivity contribution in [2.45, 2.75) is 74.0 Å². The molecule has 0 unspecified atom stereocenters. The summed E-state index contributed by atoms with van der Waals surface area (Å²) in [7, 11) is 0. The monoisotopic (exact) mass is 258 g/mol. The molecule has 3 nitrogen and oxygen atoms in total. The van der Waals surface area contributed by atoms with E-state index in [-0.39, 0.29) is 23.4 Å². The first kappa shape index (κ1) is 17.4. The third kappa shape index (κ3) is 4.97. The number of aliphatic hydroxyl groups is 1. The minimum atomic E-state index is -0.514. The Kier molecular flexibility index (Phi) is 5.86. The Hall–Kier alpha value is -0.570. The normalized spacial score (nSPS) is 18.1. The second-order valence-electron chi connectivity index (χ2n) is 7.28. The van der Waals surface area contributed by atoms with Crippen LogP contribution in [0, 0.1) is 16.7 Å². The first-order valence-electron chi connectivity index (χ1n) is 6.80. The highest BCUT2D eigenvalue weighted by atomic mass is 16.5. The summed E-state index contributed by atoms with van der Waals surface area (Å²) < 4.78 is 5.67.